The van der Waals surface area contributed by atoms with Crippen LogP contribution in [0.25, 0.3) is 0 Å². The van der Waals surface area contributed by atoms with Gasteiger partial charge in [-0.15, -0.1) is 0 Å². The van der Waals surface area contributed by atoms with Crippen LogP contribution in [-0.2, 0) is 4.79 Å². The Morgan fingerprint density at radius 3 is 1.82 bits per heavy atom. The van der Waals surface area contributed by atoms with Gasteiger partial charge >= 0.3 is 0 Å². The van der Waals surface area contributed by atoms with Crippen molar-refractivity contribution >= 4 is 23.2 Å². The van der Waals surface area contributed by atoms with Gasteiger partial charge in [-0.25, -0.2) is 0 Å². The third-order valence-electron chi connectivity index (χ3n) is 5.60. The summed E-state index contributed by atoms with van der Waals surface area (Å²) in [5.41, 5.74) is 1.93. The highest BCUT2D eigenvalue weighted by atomic mass is 16.5. The Morgan fingerprint density at radius 2 is 1.21 bits per heavy atom. The van der Waals surface area contributed by atoms with Crippen molar-refractivity contribution in [2.75, 3.05) is 9.80 Å². The van der Waals surface area contributed by atoms with Crippen LogP contribution in [0.1, 0.15) is 10.4 Å². The van der Waals surface area contributed by atoms with E-state index < -0.39 is 12.3 Å². The molecule has 0 aliphatic carbocycles. The number of benzene rings is 4. The molecule has 4 aromatic carbocycles. The average molecular weight is 434 g/mol. The predicted octanol–water partition coefficient (Wildman–Crippen LogP) is 5.15. The van der Waals surface area contributed by atoms with Crippen LogP contribution < -0.4 is 14.5 Å². The number of hydrogen-bond acceptors (Lipinski definition) is 3. The second kappa shape index (κ2) is 9.01. The van der Waals surface area contributed by atoms with E-state index in [1.165, 1.54) is 0 Å². The van der Waals surface area contributed by atoms with Crippen molar-refractivity contribution in [3.05, 3.63) is 127 Å². The number of β-lactam (4-membered cyclic amide) rings is 1. The number of carbonyl (C=O) groups excluding carboxylic acids is 2. The number of amides is 2. The van der Waals surface area contributed by atoms with Crippen LogP contribution >= 0.6 is 0 Å². The lowest BCUT2D eigenvalue weighted by Gasteiger charge is -2.50. The molecule has 1 heterocycles. The van der Waals surface area contributed by atoms with Gasteiger partial charge in [0, 0.05) is 16.9 Å². The topological polar surface area (TPSA) is 49.9 Å². The van der Waals surface area contributed by atoms with Crippen LogP contribution in [0.5, 0.6) is 5.75 Å². The first kappa shape index (κ1) is 20.5. The smallest absolute Gasteiger partial charge is 0.274 e. The van der Waals surface area contributed by atoms with Gasteiger partial charge in [-0.3, -0.25) is 19.4 Å². The molecule has 0 unspecified atom stereocenters. The van der Waals surface area contributed by atoms with Crippen molar-refractivity contribution in [1.82, 2.24) is 0 Å². The Kier molecular flexibility index (Phi) is 5.60. The summed E-state index contributed by atoms with van der Waals surface area (Å²) in [7, 11) is 0. The first-order valence-electron chi connectivity index (χ1n) is 10.8. The quantitative estimate of drug-likeness (QED) is 0.394. The number of para-hydroxylation sites is 3. The van der Waals surface area contributed by atoms with E-state index in [9.17, 15) is 9.59 Å². The number of hydrogen-bond donors (Lipinski definition) is 0. The Labute approximate surface area is 192 Å². The summed E-state index contributed by atoms with van der Waals surface area (Å²) >= 11 is 0. The van der Waals surface area contributed by atoms with E-state index in [1.54, 1.807) is 34.1 Å². The maximum absolute atomic E-state index is 13.8. The Hall–Kier alpha value is -4.38. The van der Waals surface area contributed by atoms with Gasteiger partial charge < -0.3 is 4.74 Å². The third kappa shape index (κ3) is 3.96. The molecule has 0 aromatic heterocycles. The maximum atomic E-state index is 13.8. The third-order valence-corrected chi connectivity index (χ3v) is 5.60. The molecular weight excluding hydrogens is 412 g/mol. The molecule has 2 atom stereocenters. The Bertz CT molecular complexity index is 1230. The average Bonchev–Trinajstić information content (AvgIpc) is 2.89. The molecule has 0 N–H and O–H groups in total. The molecule has 33 heavy (non-hydrogen) atoms. The normalized spacial score (nSPS) is 17.2. The second-order valence-electron chi connectivity index (χ2n) is 7.69. The first-order chi connectivity index (χ1) is 16.2. The summed E-state index contributed by atoms with van der Waals surface area (Å²) in [6.07, 6.45) is -1.50. The van der Waals surface area contributed by atoms with Crippen LogP contribution in [0.3, 0.4) is 0 Å². The zero-order valence-electron chi connectivity index (χ0n) is 17.8. The van der Waals surface area contributed by atoms with Crippen molar-refractivity contribution < 1.29 is 14.3 Å². The van der Waals surface area contributed by atoms with E-state index in [4.69, 9.17) is 4.74 Å². The highest BCUT2D eigenvalue weighted by Gasteiger charge is 2.55. The second-order valence-corrected chi connectivity index (χ2v) is 7.69. The van der Waals surface area contributed by atoms with Crippen LogP contribution in [0.2, 0.25) is 0 Å². The van der Waals surface area contributed by atoms with E-state index in [-0.39, 0.29) is 11.8 Å². The number of ether oxygens (including phenoxy) is 1. The summed E-state index contributed by atoms with van der Waals surface area (Å²) in [4.78, 5) is 30.4. The SMILES string of the molecule is O=C(c1ccccc1)N(c1ccccc1)[C@@H]1[C@@H](Oc2ccccc2)C(=O)N1c1ccccc1. The molecule has 0 spiro atoms. The maximum Gasteiger partial charge on any atom is 0.274 e. The number of anilines is 2. The summed E-state index contributed by atoms with van der Waals surface area (Å²) in [6.45, 7) is 0. The molecular formula is C28H22N2O3. The van der Waals surface area contributed by atoms with Gasteiger partial charge in [0.05, 0.1) is 0 Å². The molecule has 0 radical (unpaired) electrons. The van der Waals surface area contributed by atoms with Crippen molar-refractivity contribution in [2.24, 2.45) is 0 Å². The minimum atomic E-state index is -0.847. The summed E-state index contributed by atoms with van der Waals surface area (Å²) in [6, 6.07) is 37.0. The molecule has 2 amide bonds. The van der Waals surface area contributed by atoms with E-state index in [1.807, 2.05) is 97.1 Å². The van der Waals surface area contributed by atoms with Gasteiger partial charge in [-0.1, -0.05) is 72.8 Å². The van der Waals surface area contributed by atoms with E-state index in [0.29, 0.717) is 22.7 Å². The van der Waals surface area contributed by atoms with Gasteiger partial charge in [0.15, 0.2) is 6.17 Å². The highest BCUT2D eigenvalue weighted by molar-refractivity contribution is 6.13. The fourth-order valence-corrected chi connectivity index (χ4v) is 4.02. The standard InChI is InChI=1S/C28H22N2O3/c31-27(21-13-5-1-6-14-21)29(22-15-7-2-8-16-22)26-25(33-24-19-11-4-12-20-24)28(32)30(26)23-17-9-3-10-18-23/h1-20,25-26H/t25-,26+/m1/s1. The molecule has 1 aliphatic rings. The lowest BCUT2D eigenvalue weighted by atomic mass is 9.99. The predicted molar refractivity (Wildman–Crippen MR) is 128 cm³/mol. The van der Waals surface area contributed by atoms with Crippen molar-refractivity contribution in [1.29, 1.82) is 0 Å². The largest absolute Gasteiger partial charge is 0.476 e. The minimum absolute atomic E-state index is 0.197. The highest BCUT2D eigenvalue weighted by Crippen LogP contribution is 2.36. The Morgan fingerprint density at radius 1 is 0.697 bits per heavy atom. The zero-order valence-corrected chi connectivity index (χ0v) is 17.8. The van der Waals surface area contributed by atoms with Gasteiger partial charge in [0.1, 0.15) is 5.75 Å². The fraction of sp³-hybridized carbons (Fsp3) is 0.0714. The molecule has 1 aliphatic heterocycles. The monoisotopic (exact) mass is 434 g/mol. The lowest BCUT2D eigenvalue weighted by Crippen LogP contribution is -2.74. The lowest BCUT2D eigenvalue weighted by molar-refractivity contribution is -0.134. The first-order valence-corrected chi connectivity index (χ1v) is 10.8. The summed E-state index contributed by atoms with van der Waals surface area (Å²) < 4.78 is 6.13. The number of carbonyl (C=O) groups is 2. The van der Waals surface area contributed by atoms with Gasteiger partial charge in [-0.05, 0) is 48.5 Å². The van der Waals surface area contributed by atoms with Crippen LogP contribution in [0.15, 0.2) is 121 Å². The van der Waals surface area contributed by atoms with Gasteiger partial charge in [0.25, 0.3) is 11.8 Å². The Balaban J connectivity index is 1.60. The van der Waals surface area contributed by atoms with Crippen LogP contribution in [0, 0.1) is 0 Å². The van der Waals surface area contributed by atoms with E-state index in [2.05, 4.69) is 0 Å². The van der Waals surface area contributed by atoms with Crippen molar-refractivity contribution in [2.45, 2.75) is 12.3 Å². The van der Waals surface area contributed by atoms with E-state index >= 15 is 0 Å². The number of rotatable bonds is 6. The molecule has 1 fully saturated rings. The molecule has 1 saturated heterocycles. The zero-order chi connectivity index (χ0) is 22.6. The van der Waals surface area contributed by atoms with E-state index in [0.717, 1.165) is 0 Å². The molecule has 5 rings (SSSR count). The molecule has 5 nitrogen and oxygen atoms in total. The van der Waals surface area contributed by atoms with Crippen LogP contribution in [-0.4, -0.2) is 24.1 Å². The molecule has 5 heteroatoms. The minimum Gasteiger partial charge on any atom is -0.476 e. The summed E-state index contributed by atoms with van der Waals surface area (Å²) in [5.74, 6) is 0.174. The van der Waals surface area contributed by atoms with Crippen LogP contribution in [0.4, 0.5) is 11.4 Å². The fourth-order valence-electron chi connectivity index (χ4n) is 4.02. The van der Waals surface area contributed by atoms with Gasteiger partial charge in [0.2, 0.25) is 6.10 Å². The van der Waals surface area contributed by atoms with Crippen molar-refractivity contribution in [3.8, 4) is 5.75 Å². The number of nitrogens with zero attached hydrogens (tertiary/aromatic N) is 2. The molecule has 0 bridgehead atoms. The molecule has 162 valence electrons. The van der Waals surface area contributed by atoms with Gasteiger partial charge in [-0.2, -0.15) is 0 Å². The van der Waals surface area contributed by atoms with Crippen molar-refractivity contribution in [3.63, 3.8) is 0 Å². The molecule has 0 saturated carbocycles. The molecule has 4 aromatic rings. The summed E-state index contributed by atoms with van der Waals surface area (Å²) in [5, 5.41) is 0.